The van der Waals surface area contributed by atoms with Crippen molar-refractivity contribution in [3.8, 4) is 0 Å². The molecule has 0 amide bonds. The summed E-state index contributed by atoms with van der Waals surface area (Å²) in [6.45, 7) is 2.53. The first-order chi connectivity index (χ1) is 10.4. The van der Waals surface area contributed by atoms with Gasteiger partial charge in [-0.1, -0.05) is 47.5 Å². The lowest BCUT2D eigenvalue weighted by atomic mass is 9.89. The summed E-state index contributed by atoms with van der Waals surface area (Å²) in [6, 6.07) is 13.4. The first-order valence-electron chi connectivity index (χ1n) is 7.18. The minimum absolute atomic E-state index is 0.282. The van der Waals surface area contributed by atoms with Gasteiger partial charge in [0.15, 0.2) is 0 Å². The summed E-state index contributed by atoms with van der Waals surface area (Å²) in [5, 5.41) is 0.648. The van der Waals surface area contributed by atoms with E-state index in [1.165, 1.54) is 11.8 Å². The maximum atomic E-state index is 12.2. The number of hydrogen-bond acceptors (Lipinski definition) is 2. The van der Waals surface area contributed by atoms with E-state index in [0.29, 0.717) is 11.6 Å². The average Bonchev–Trinajstić information content (AvgIpc) is 2.46. The summed E-state index contributed by atoms with van der Waals surface area (Å²) in [7, 11) is -3.29. The van der Waals surface area contributed by atoms with Crippen LogP contribution in [-0.4, -0.2) is 25.5 Å². The SMILES string of the molecule is Cc1ccc2c(c1)C(c1ccc(Cl)cc1)N(S(C)(=O)=O)CC2. The molecule has 2 aromatic carbocycles. The number of aryl methyl sites for hydroxylation is 1. The summed E-state index contributed by atoms with van der Waals surface area (Å²) in [5.74, 6) is 0. The monoisotopic (exact) mass is 335 g/mol. The Morgan fingerprint density at radius 2 is 1.82 bits per heavy atom. The number of halogens is 1. The van der Waals surface area contributed by atoms with E-state index in [9.17, 15) is 8.42 Å². The number of nitrogens with zero attached hydrogens (tertiary/aromatic N) is 1. The molecule has 0 saturated carbocycles. The zero-order valence-corrected chi connectivity index (χ0v) is 14.2. The van der Waals surface area contributed by atoms with Gasteiger partial charge in [0, 0.05) is 11.6 Å². The average molecular weight is 336 g/mol. The van der Waals surface area contributed by atoms with Crippen LogP contribution in [0, 0.1) is 6.92 Å². The zero-order chi connectivity index (χ0) is 15.9. The topological polar surface area (TPSA) is 37.4 Å². The number of benzene rings is 2. The standard InChI is InChI=1S/C17H18ClNO2S/c1-12-3-4-13-9-10-19(22(2,20)21)17(16(13)11-12)14-5-7-15(18)8-6-14/h3-8,11,17H,9-10H2,1-2H3. The molecule has 3 rings (SSSR count). The van der Waals surface area contributed by atoms with Crippen molar-refractivity contribution in [2.45, 2.75) is 19.4 Å². The summed E-state index contributed by atoms with van der Waals surface area (Å²) in [6.07, 6.45) is 2.02. The van der Waals surface area contributed by atoms with Gasteiger partial charge >= 0.3 is 0 Å². The van der Waals surface area contributed by atoms with E-state index in [0.717, 1.165) is 23.1 Å². The molecule has 0 fully saturated rings. The van der Waals surface area contributed by atoms with E-state index < -0.39 is 10.0 Å². The molecule has 0 aromatic heterocycles. The van der Waals surface area contributed by atoms with Crippen molar-refractivity contribution in [1.29, 1.82) is 0 Å². The number of sulfonamides is 1. The van der Waals surface area contributed by atoms with Crippen LogP contribution in [0.3, 0.4) is 0 Å². The van der Waals surface area contributed by atoms with Gasteiger partial charge in [-0.3, -0.25) is 0 Å². The highest BCUT2D eigenvalue weighted by atomic mass is 35.5. The van der Waals surface area contributed by atoms with Crippen LogP contribution in [0.25, 0.3) is 0 Å². The first-order valence-corrected chi connectivity index (χ1v) is 9.40. The van der Waals surface area contributed by atoms with Crippen LogP contribution in [0.15, 0.2) is 42.5 Å². The Morgan fingerprint density at radius 1 is 1.14 bits per heavy atom. The highest BCUT2D eigenvalue weighted by molar-refractivity contribution is 7.88. The van der Waals surface area contributed by atoms with Gasteiger partial charge in [-0.05, 0) is 42.2 Å². The van der Waals surface area contributed by atoms with Gasteiger partial charge in [0.05, 0.1) is 12.3 Å². The zero-order valence-electron chi connectivity index (χ0n) is 12.6. The van der Waals surface area contributed by atoms with E-state index >= 15 is 0 Å². The number of fused-ring (bicyclic) bond motifs is 1. The van der Waals surface area contributed by atoms with Gasteiger partial charge in [-0.15, -0.1) is 0 Å². The maximum absolute atomic E-state index is 12.2. The van der Waals surface area contributed by atoms with Crippen molar-refractivity contribution in [2.24, 2.45) is 0 Å². The molecule has 1 heterocycles. The van der Waals surface area contributed by atoms with E-state index in [2.05, 4.69) is 18.2 Å². The minimum atomic E-state index is -3.29. The summed E-state index contributed by atoms with van der Waals surface area (Å²) < 4.78 is 26.0. The Labute approximate surface area is 136 Å². The van der Waals surface area contributed by atoms with Crippen molar-refractivity contribution >= 4 is 21.6 Å². The van der Waals surface area contributed by atoms with Crippen LogP contribution >= 0.6 is 11.6 Å². The van der Waals surface area contributed by atoms with Gasteiger partial charge in [0.1, 0.15) is 0 Å². The molecule has 5 heteroatoms. The quantitative estimate of drug-likeness (QED) is 0.841. The van der Waals surface area contributed by atoms with E-state index in [1.54, 1.807) is 16.4 Å². The molecule has 0 spiro atoms. The number of hydrogen-bond donors (Lipinski definition) is 0. The maximum Gasteiger partial charge on any atom is 0.212 e. The molecule has 22 heavy (non-hydrogen) atoms. The fraction of sp³-hybridized carbons (Fsp3) is 0.294. The van der Waals surface area contributed by atoms with Gasteiger partial charge in [-0.2, -0.15) is 4.31 Å². The van der Waals surface area contributed by atoms with E-state index in [-0.39, 0.29) is 6.04 Å². The predicted molar refractivity (Wildman–Crippen MR) is 89.7 cm³/mol. The molecule has 116 valence electrons. The van der Waals surface area contributed by atoms with Crippen LogP contribution < -0.4 is 0 Å². The summed E-state index contributed by atoms with van der Waals surface area (Å²) in [5.41, 5.74) is 4.36. The second kappa shape index (κ2) is 5.69. The fourth-order valence-electron chi connectivity index (χ4n) is 3.06. The Morgan fingerprint density at radius 3 is 2.45 bits per heavy atom. The van der Waals surface area contributed by atoms with Gasteiger partial charge in [-0.25, -0.2) is 8.42 Å². The van der Waals surface area contributed by atoms with Gasteiger partial charge in [0.25, 0.3) is 0 Å². The molecule has 3 nitrogen and oxygen atoms in total. The molecule has 1 aliphatic rings. The smallest absolute Gasteiger partial charge is 0.212 e. The lowest BCUT2D eigenvalue weighted by Gasteiger charge is -2.36. The molecule has 1 unspecified atom stereocenters. The molecule has 0 N–H and O–H groups in total. The Balaban J connectivity index is 2.19. The van der Waals surface area contributed by atoms with Gasteiger partial charge in [0.2, 0.25) is 10.0 Å². The van der Waals surface area contributed by atoms with Crippen LogP contribution in [0.2, 0.25) is 5.02 Å². The Bertz CT molecular complexity index is 800. The van der Waals surface area contributed by atoms with Crippen LogP contribution in [-0.2, 0) is 16.4 Å². The molecule has 0 saturated heterocycles. The van der Waals surface area contributed by atoms with Crippen LogP contribution in [0.5, 0.6) is 0 Å². The second-order valence-electron chi connectivity index (χ2n) is 5.78. The van der Waals surface area contributed by atoms with Crippen LogP contribution in [0.1, 0.15) is 28.3 Å². The molecule has 1 atom stereocenters. The Kier molecular flexibility index (Phi) is 4.02. The molecular formula is C17H18ClNO2S. The third-order valence-corrected chi connectivity index (χ3v) is 5.59. The number of rotatable bonds is 2. The Hall–Kier alpha value is -1.36. The lowest BCUT2D eigenvalue weighted by molar-refractivity contribution is 0.347. The third kappa shape index (κ3) is 2.91. The van der Waals surface area contributed by atoms with Gasteiger partial charge < -0.3 is 0 Å². The molecule has 0 bridgehead atoms. The summed E-state index contributed by atoms with van der Waals surface area (Å²) in [4.78, 5) is 0. The highest BCUT2D eigenvalue weighted by Gasteiger charge is 2.34. The summed E-state index contributed by atoms with van der Waals surface area (Å²) >= 11 is 5.97. The van der Waals surface area contributed by atoms with E-state index in [4.69, 9.17) is 11.6 Å². The van der Waals surface area contributed by atoms with Crippen molar-refractivity contribution < 1.29 is 8.42 Å². The van der Waals surface area contributed by atoms with Crippen molar-refractivity contribution in [1.82, 2.24) is 4.31 Å². The van der Waals surface area contributed by atoms with E-state index in [1.807, 2.05) is 19.1 Å². The predicted octanol–water partition coefficient (Wildman–Crippen LogP) is 3.56. The second-order valence-corrected chi connectivity index (χ2v) is 8.15. The first kappa shape index (κ1) is 15.5. The normalized spacial score (nSPS) is 19.0. The van der Waals surface area contributed by atoms with Crippen molar-refractivity contribution in [3.05, 3.63) is 69.7 Å². The molecule has 0 radical (unpaired) electrons. The lowest BCUT2D eigenvalue weighted by Crippen LogP contribution is -2.40. The third-order valence-electron chi connectivity index (χ3n) is 4.10. The van der Waals surface area contributed by atoms with Crippen LogP contribution in [0.4, 0.5) is 0 Å². The molecule has 0 aliphatic carbocycles. The largest absolute Gasteiger partial charge is 0.212 e. The fourth-order valence-corrected chi connectivity index (χ4v) is 4.23. The minimum Gasteiger partial charge on any atom is -0.212 e. The van der Waals surface area contributed by atoms with Crippen molar-refractivity contribution in [3.63, 3.8) is 0 Å². The molecular weight excluding hydrogens is 318 g/mol. The molecule has 1 aliphatic heterocycles. The van der Waals surface area contributed by atoms with Crippen molar-refractivity contribution in [2.75, 3.05) is 12.8 Å². The highest BCUT2D eigenvalue weighted by Crippen LogP contribution is 2.37. The molecule has 2 aromatic rings.